The maximum Gasteiger partial charge on any atom is 0.330 e. The first-order chi connectivity index (χ1) is 12.8. The van der Waals surface area contributed by atoms with Crippen LogP contribution < -0.4 is 0 Å². The molecule has 27 heavy (non-hydrogen) atoms. The number of nitrogens with zero attached hydrogens (tertiary/aromatic N) is 1. The van der Waals surface area contributed by atoms with Crippen LogP contribution in [0, 0.1) is 0 Å². The van der Waals surface area contributed by atoms with Gasteiger partial charge in [-0.15, -0.1) is 0 Å². The van der Waals surface area contributed by atoms with Gasteiger partial charge in [-0.05, 0) is 39.2 Å². The van der Waals surface area contributed by atoms with E-state index in [0.717, 1.165) is 37.7 Å². The molecule has 0 radical (unpaired) electrons. The normalized spacial score (nSPS) is 12.7. The van der Waals surface area contributed by atoms with Crippen LogP contribution in [-0.2, 0) is 19.1 Å². The highest BCUT2D eigenvalue weighted by Crippen LogP contribution is 2.14. The fourth-order valence-corrected chi connectivity index (χ4v) is 2.63. The fourth-order valence-electron chi connectivity index (χ4n) is 2.63. The van der Waals surface area contributed by atoms with E-state index in [0.29, 0.717) is 12.8 Å². The standard InChI is InChI=1S/C22H33NO4/c1-22(2,3)27-20(24)16-12-7-5-6-11-15-19(21(25)26-4)23-17-18-13-9-8-10-14-18/h8-10,13-14,17,19H,5-7,11-12,15-16H2,1-4H3. The Hall–Kier alpha value is -2.17. The highest BCUT2D eigenvalue weighted by Gasteiger charge is 2.17. The molecule has 1 aromatic carbocycles. The van der Waals surface area contributed by atoms with Crippen LogP contribution in [0.5, 0.6) is 0 Å². The molecule has 0 aliphatic carbocycles. The number of carbonyl (C=O) groups is 2. The molecule has 0 bridgehead atoms. The average Bonchev–Trinajstić information content (AvgIpc) is 2.62. The van der Waals surface area contributed by atoms with E-state index in [1.54, 1.807) is 6.21 Å². The van der Waals surface area contributed by atoms with Gasteiger partial charge in [-0.1, -0.05) is 56.0 Å². The molecule has 0 aliphatic rings. The number of rotatable bonds is 11. The number of ether oxygens (including phenoxy) is 2. The third kappa shape index (κ3) is 11.2. The molecule has 1 aromatic rings. The number of carbonyl (C=O) groups excluding carboxylic acids is 2. The molecule has 0 saturated carbocycles. The molecule has 0 fully saturated rings. The first-order valence-electron chi connectivity index (χ1n) is 9.70. The quantitative estimate of drug-likeness (QED) is 0.319. The van der Waals surface area contributed by atoms with E-state index in [2.05, 4.69) is 4.99 Å². The Morgan fingerprint density at radius 2 is 1.67 bits per heavy atom. The molecule has 1 unspecified atom stereocenters. The molecule has 0 amide bonds. The molecular formula is C22H33NO4. The molecule has 0 heterocycles. The van der Waals surface area contributed by atoms with Gasteiger partial charge in [0, 0.05) is 12.6 Å². The summed E-state index contributed by atoms with van der Waals surface area (Å²) in [7, 11) is 1.39. The summed E-state index contributed by atoms with van der Waals surface area (Å²) in [6.45, 7) is 5.63. The summed E-state index contributed by atoms with van der Waals surface area (Å²) in [4.78, 5) is 27.9. The fraction of sp³-hybridized carbons (Fsp3) is 0.591. The molecule has 5 heteroatoms. The lowest BCUT2D eigenvalue weighted by Crippen LogP contribution is -2.23. The molecule has 150 valence electrons. The molecular weight excluding hydrogens is 342 g/mol. The van der Waals surface area contributed by atoms with Gasteiger partial charge in [0.2, 0.25) is 0 Å². The van der Waals surface area contributed by atoms with Crippen molar-refractivity contribution < 1.29 is 19.1 Å². The second-order valence-corrected chi connectivity index (χ2v) is 7.62. The Kier molecular flexibility index (Phi) is 10.4. The number of hydrogen-bond acceptors (Lipinski definition) is 5. The van der Waals surface area contributed by atoms with E-state index in [9.17, 15) is 9.59 Å². The lowest BCUT2D eigenvalue weighted by atomic mass is 10.1. The second kappa shape index (κ2) is 12.3. The zero-order valence-corrected chi connectivity index (χ0v) is 17.1. The summed E-state index contributed by atoms with van der Waals surface area (Å²) in [6.07, 6.45) is 7.60. The Balaban J connectivity index is 2.25. The summed E-state index contributed by atoms with van der Waals surface area (Å²) in [5.41, 5.74) is 0.550. The van der Waals surface area contributed by atoms with Gasteiger partial charge >= 0.3 is 11.9 Å². The van der Waals surface area contributed by atoms with Crippen molar-refractivity contribution in [2.75, 3.05) is 7.11 Å². The first kappa shape index (κ1) is 22.9. The van der Waals surface area contributed by atoms with E-state index in [1.165, 1.54) is 7.11 Å². The molecule has 0 aliphatic heterocycles. The lowest BCUT2D eigenvalue weighted by Gasteiger charge is -2.19. The number of methoxy groups -OCH3 is 1. The van der Waals surface area contributed by atoms with E-state index >= 15 is 0 Å². The zero-order chi connectivity index (χ0) is 20.1. The van der Waals surface area contributed by atoms with Crippen molar-refractivity contribution in [1.29, 1.82) is 0 Å². The summed E-state index contributed by atoms with van der Waals surface area (Å²) in [5, 5.41) is 0. The summed E-state index contributed by atoms with van der Waals surface area (Å²) in [6, 6.07) is 9.25. The van der Waals surface area contributed by atoms with Crippen molar-refractivity contribution in [2.24, 2.45) is 4.99 Å². The monoisotopic (exact) mass is 375 g/mol. The number of esters is 2. The van der Waals surface area contributed by atoms with Crippen molar-refractivity contribution in [3.05, 3.63) is 35.9 Å². The minimum atomic E-state index is -0.461. The van der Waals surface area contributed by atoms with Gasteiger partial charge in [-0.3, -0.25) is 9.79 Å². The first-order valence-corrected chi connectivity index (χ1v) is 9.70. The van der Waals surface area contributed by atoms with Gasteiger partial charge in [0.1, 0.15) is 11.6 Å². The van der Waals surface area contributed by atoms with Crippen LogP contribution in [-0.4, -0.2) is 36.9 Å². The molecule has 5 nitrogen and oxygen atoms in total. The highest BCUT2D eigenvalue weighted by molar-refractivity contribution is 5.83. The predicted molar refractivity (Wildman–Crippen MR) is 108 cm³/mol. The molecule has 0 saturated heterocycles. The Morgan fingerprint density at radius 3 is 2.30 bits per heavy atom. The highest BCUT2D eigenvalue weighted by atomic mass is 16.6. The number of hydrogen-bond donors (Lipinski definition) is 0. The zero-order valence-electron chi connectivity index (χ0n) is 17.1. The second-order valence-electron chi connectivity index (χ2n) is 7.62. The van der Waals surface area contributed by atoms with Gasteiger partial charge in [-0.2, -0.15) is 0 Å². The maximum absolute atomic E-state index is 11.9. The van der Waals surface area contributed by atoms with Gasteiger partial charge in [0.05, 0.1) is 7.11 Å². The SMILES string of the molecule is COC(=O)C(CCCCCCCC(=O)OC(C)(C)C)N=Cc1ccccc1. The Morgan fingerprint density at radius 1 is 1.04 bits per heavy atom. The van der Waals surface area contributed by atoms with Crippen LogP contribution in [0.3, 0.4) is 0 Å². The lowest BCUT2D eigenvalue weighted by molar-refractivity contribution is -0.155. The van der Waals surface area contributed by atoms with Crippen molar-refractivity contribution in [3.63, 3.8) is 0 Å². The number of aliphatic imine (C=N–C) groups is 1. The van der Waals surface area contributed by atoms with Crippen LogP contribution >= 0.6 is 0 Å². The molecule has 0 aromatic heterocycles. The Bertz CT molecular complexity index is 590. The van der Waals surface area contributed by atoms with E-state index in [1.807, 2.05) is 51.1 Å². The van der Waals surface area contributed by atoms with E-state index in [-0.39, 0.29) is 11.9 Å². The third-order valence-corrected chi connectivity index (χ3v) is 3.95. The summed E-state index contributed by atoms with van der Waals surface area (Å²) >= 11 is 0. The third-order valence-electron chi connectivity index (χ3n) is 3.95. The predicted octanol–water partition coefficient (Wildman–Crippen LogP) is 4.72. The number of unbranched alkanes of at least 4 members (excludes halogenated alkanes) is 4. The Labute approximate surface area is 163 Å². The van der Waals surface area contributed by atoms with Gasteiger partial charge in [0.25, 0.3) is 0 Å². The van der Waals surface area contributed by atoms with Crippen LogP contribution in [0.2, 0.25) is 0 Å². The van der Waals surface area contributed by atoms with Crippen molar-refractivity contribution in [2.45, 2.75) is 77.4 Å². The van der Waals surface area contributed by atoms with Gasteiger partial charge in [-0.25, -0.2) is 4.79 Å². The van der Waals surface area contributed by atoms with Crippen LogP contribution in [0.15, 0.2) is 35.3 Å². The smallest absolute Gasteiger partial charge is 0.330 e. The van der Waals surface area contributed by atoms with Crippen molar-refractivity contribution in [1.82, 2.24) is 0 Å². The van der Waals surface area contributed by atoms with E-state index < -0.39 is 11.6 Å². The van der Waals surface area contributed by atoms with Crippen LogP contribution in [0.25, 0.3) is 0 Å². The summed E-state index contributed by atoms with van der Waals surface area (Å²) in [5.74, 6) is -0.435. The summed E-state index contributed by atoms with van der Waals surface area (Å²) < 4.78 is 10.2. The molecule has 0 spiro atoms. The molecule has 1 atom stereocenters. The minimum Gasteiger partial charge on any atom is -0.467 e. The minimum absolute atomic E-state index is 0.136. The van der Waals surface area contributed by atoms with Crippen molar-refractivity contribution in [3.8, 4) is 0 Å². The van der Waals surface area contributed by atoms with Gasteiger partial charge < -0.3 is 9.47 Å². The van der Waals surface area contributed by atoms with Crippen molar-refractivity contribution >= 4 is 18.2 Å². The largest absolute Gasteiger partial charge is 0.467 e. The molecule has 1 rings (SSSR count). The average molecular weight is 376 g/mol. The van der Waals surface area contributed by atoms with Crippen LogP contribution in [0.1, 0.15) is 71.3 Å². The molecule has 0 N–H and O–H groups in total. The van der Waals surface area contributed by atoms with E-state index in [4.69, 9.17) is 9.47 Å². The van der Waals surface area contributed by atoms with Crippen LogP contribution in [0.4, 0.5) is 0 Å². The van der Waals surface area contributed by atoms with Gasteiger partial charge in [0.15, 0.2) is 0 Å². The topological polar surface area (TPSA) is 65.0 Å². The maximum atomic E-state index is 11.9. The number of benzene rings is 1.